The molecule has 9 nitrogen and oxygen atoms in total. The van der Waals surface area contributed by atoms with Crippen molar-refractivity contribution in [2.24, 2.45) is 0 Å². The molecule has 3 aliphatic heterocycles. The van der Waals surface area contributed by atoms with E-state index in [4.69, 9.17) is 23.2 Å². The number of amides is 6. The van der Waals surface area contributed by atoms with Crippen molar-refractivity contribution in [2.45, 2.75) is 20.3 Å². The molecular formula is C33H23Cl2N3O6. The summed E-state index contributed by atoms with van der Waals surface area (Å²) >= 11 is 11.2. The minimum absolute atomic E-state index is 0.231. The molecule has 6 rings (SSSR count). The zero-order valence-electron chi connectivity index (χ0n) is 23.4. The largest absolute Gasteiger partial charge is 0.278 e. The SMILES string of the molecule is CC1=CC(=O)N(c2ccc(Cc3ccc(N4C(=O)C=C(C)C4=O)cc3)cc2)C1=O.O=C1C(Cl)=C(Cl)C(=O)N1c1ccccc1. The third-order valence-corrected chi connectivity index (χ3v) is 7.79. The van der Waals surface area contributed by atoms with Crippen LogP contribution in [0.5, 0.6) is 0 Å². The van der Waals surface area contributed by atoms with E-state index in [0.717, 1.165) is 25.8 Å². The maximum absolute atomic E-state index is 12.1. The summed E-state index contributed by atoms with van der Waals surface area (Å²) in [6.07, 6.45) is 3.31. The van der Waals surface area contributed by atoms with E-state index in [-0.39, 0.29) is 33.7 Å². The Balaban J connectivity index is 0.000000215. The summed E-state index contributed by atoms with van der Waals surface area (Å²) < 4.78 is 0. The Bertz CT molecular complexity index is 1710. The van der Waals surface area contributed by atoms with E-state index in [1.54, 1.807) is 68.4 Å². The molecule has 0 aromatic heterocycles. The summed E-state index contributed by atoms with van der Waals surface area (Å²) in [6.45, 7) is 3.25. The van der Waals surface area contributed by atoms with Crippen LogP contribution in [0.3, 0.4) is 0 Å². The molecule has 0 saturated carbocycles. The Morgan fingerprint density at radius 2 is 0.841 bits per heavy atom. The molecule has 6 amide bonds. The van der Waals surface area contributed by atoms with Gasteiger partial charge in [0, 0.05) is 23.3 Å². The van der Waals surface area contributed by atoms with Crippen molar-refractivity contribution in [1.82, 2.24) is 0 Å². The molecule has 0 spiro atoms. The fourth-order valence-electron chi connectivity index (χ4n) is 4.71. The first-order chi connectivity index (χ1) is 21.0. The lowest BCUT2D eigenvalue weighted by atomic mass is 10.0. The highest BCUT2D eigenvalue weighted by atomic mass is 35.5. The molecule has 0 bridgehead atoms. The van der Waals surface area contributed by atoms with Crippen LogP contribution in [0.2, 0.25) is 0 Å². The third kappa shape index (κ3) is 5.75. The van der Waals surface area contributed by atoms with Crippen molar-refractivity contribution < 1.29 is 28.8 Å². The first-order valence-corrected chi connectivity index (χ1v) is 14.0. The molecule has 220 valence electrons. The minimum atomic E-state index is -0.585. The predicted octanol–water partition coefficient (Wildman–Crippen LogP) is 5.17. The number of carbonyl (C=O) groups is 6. The normalized spacial score (nSPS) is 16.6. The molecular weight excluding hydrogens is 605 g/mol. The predicted molar refractivity (Wildman–Crippen MR) is 166 cm³/mol. The van der Waals surface area contributed by atoms with Crippen LogP contribution in [0.1, 0.15) is 25.0 Å². The van der Waals surface area contributed by atoms with Gasteiger partial charge in [-0.1, -0.05) is 65.7 Å². The number of benzene rings is 3. The number of nitrogens with zero attached hydrogens (tertiary/aromatic N) is 3. The van der Waals surface area contributed by atoms with Crippen LogP contribution >= 0.6 is 23.2 Å². The summed E-state index contributed by atoms with van der Waals surface area (Å²) in [4.78, 5) is 74.5. The molecule has 44 heavy (non-hydrogen) atoms. The van der Waals surface area contributed by atoms with E-state index in [2.05, 4.69) is 0 Å². The molecule has 11 heteroatoms. The second kappa shape index (κ2) is 12.2. The first-order valence-electron chi connectivity index (χ1n) is 13.3. The Morgan fingerprint density at radius 1 is 0.477 bits per heavy atom. The summed E-state index contributed by atoms with van der Waals surface area (Å²) in [7, 11) is 0. The zero-order chi connectivity index (χ0) is 31.7. The average molecular weight is 628 g/mol. The highest BCUT2D eigenvalue weighted by molar-refractivity contribution is 6.62. The van der Waals surface area contributed by atoms with Gasteiger partial charge < -0.3 is 0 Å². The van der Waals surface area contributed by atoms with Gasteiger partial charge in [-0.2, -0.15) is 0 Å². The van der Waals surface area contributed by atoms with E-state index in [1.165, 1.54) is 12.2 Å². The smallest absolute Gasteiger partial charge is 0.269 e. The van der Waals surface area contributed by atoms with E-state index in [0.29, 0.717) is 34.6 Å². The van der Waals surface area contributed by atoms with Gasteiger partial charge >= 0.3 is 0 Å². The third-order valence-electron chi connectivity index (χ3n) is 6.99. The fourth-order valence-corrected chi connectivity index (χ4v) is 5.04. The van der Waals surface area contributed by atoms with Gasteiger partial charge in [-0.05, 0) is 67.8 Å². The van der Waals surface area contributed by atoms with Crippen molar-refractivity contribution in [3.8, 4) is 0 Å². The average Bonchev–Trinajstić information content (AvgIpc) is 3.51. The number of carbonyl (C=O) groups excluding carboxylic acids is 6. The van der Waals surface area contributed by atoms with Gasteiger partial charge in [-0.25, -0.2) is 14.7 Å². The number of imide groups is 3. The number of para-hydroxylation sites is 1. The molecule has 3 aromatic rings. The molecule has 0 radical (unpaired) electrons. The summed E-state index contributed by atoms with van der Waals surface area (Å²) in [5, 5.41) is -0.462. The van der Waals surface area contributed by atoms with Crippen LogP contribution in [0.4, 0.5) is 17.1 Å². The van der Waals surface area contributed by atoms with Gasteiger partial charge in [0.1, 0.15) is 10.1 Å². The maximum atomic E-state index is 12.1. The van der Waals surface area contributed by atoms with E-state index in [9.17, 15) is 28.8 Å². The number of hydrogen-bond acceptors (Lipinski definition) is 6. The van der Waals surface area contributed by atoms with Crippen molar-refractivity contribution in [1.29, 1.82) is 0 Å². The van der Waals surface area contributed by atoms with Crippen molar-refractivity contribution in [2.75, 3.05) is 14.7 Å². The van der Waals surface area contributed by atoms with Crippen LogP contribution in [0.15, 0.2) is 112 Å². The Hall–Kier alpha value is -5.12. The van der Waals surface area contributed by atoms with Crippen molar-refractivity contribution in [3.05, 3.63) is 123 Å². The molecule has 3 aliphatic rings. The Morgan fingerprint density at radius 3 is 1.18 bits per heavy atom. The van der Waals surface area contributed by atoms with E-state index >= 15 is 0 Å². The zero-order valence-corrected chi connectivity index (χ0v) is 24.9. The minimum Gasteiger partial charge on any atom is -0.269 e. The lowest BCUT2D eigenvalue weighted by Gasteiger charge is -2.16. The Kier molecular flexibility index (Phi) is 8.44. The van der Waals surface area contributed by atoms with Gasteiger partial charge in [0.2, 0.25) is 0 Å². The van der Waals surface area contributed by atoms with Gasteiger partial charge in [0.15, 0.2) is 0 Å². The molecule has 0 aliphatic carbocycles. The molecule has 3 heterocycles. The van der Waals surface area contributed by atoms with E-state index < -0.39 is 11.8 Å². The summed E-state index contributed by atoms with van der Waals surface area (Å²) in [6, 6.07) is 23.0. The highest BCUT2D eigenvalue weighted by Gasteiger charge is 2.37. The molecule has 0 atom stereocenters. The molecule has 3 aromatic carbocycles. The highest BCUT2D eigenvalue weighted by Crippen LogP contribution is 2.31. The summed E-state index contributed by atoms with van der Waals surface area (Å²) in [5.74, 6) is -2.42. The number of halogens is 2. The summed E-state index contributed by atoms with van der Waals surface area (Å²) in [5.41, 5.74) is 4.43. The molecule has 0 saturated heterocycles. The van der Waals surface area contributed by atoms with E-state index in [1.807, 2.05) is 24.3 Å². The fraction of sp³-hybridized carbons (Fsp3) is 0.0909. The topological polar surface area (TPSA) is 112 Å². The first kappa shape index (κ1) is 30.3. The molecule has 0 unspecified atom stereocenters. The number of rotatable bonds is 5. The number of hydrogen-bond donors (Lipinski definition) is 0. The van der Waals surface area contributed by atoms with Gasteiger partial charge in [0.25, 0.3) is 35.4 Å². The standard InChI is InChI=1S/C23H18N2O4.C10H5Cl2NO2/c1-14-11-20(26)24(22(14)28)18-7-3-16(4-8-18)13-17-5-9-19(10-6-17)25-21(27)12-15(2)23(25)29;11-7-8(12)10(15)13(9(7)14)6-4-2-1-3-5-6/h3-12H,13H2,1-2H3;1-5H. The Labute approximate surface area is 262 Å². The van der Waals surface area contributed by atoms with Crippen LogP contribution in [0, 0.1) is 0 Å². The van der Waals surface area contributed by atoms with Crippen LogP contribution < -0.4 is 14.7 Å². The second-order valence-electron chi connectivity index (χ2n) is 10.0. The lowest BCUT2D eigenvalue weighted by Crippen LogP contribution is -2.30. The van der Waals surface area contributed by atoms with Gasteiger partial charge in [-0.3, -0.25) is 28.8 Å². The number of anilines is 3. The van der Waals surface area contributed by atoms with Crippen LogP contribution in [-0.2, 0) is 35.2 Å². The maximum Gasteiger partial charge on any atom is 0.278 e. The van der Waals surface area contributed by atoms with Crippen molar-refractivity contribution >= 4 is 75.7 Å². The monoisotopic (exact) mass is 627 g/mol. The van der Waals surface area contributed by atoms with Crippen LogP contribution in [0.25, 0.3) is 0 Å². The van der Waals surface area contributed by atoms with Crippen molar-refractivity contribution in [3.63, 3.8) is 0 Å². The lowest BCUT2D eigenvalue weighted by molar-refractivity contribution is -0.121. The van der Waals surface area contributed by atoms with Gasteiger partial charge in [0.05, 0.1) is 17.1 Å². The molecule has 0 N–H and O–H groups in total. The second-order valence-corrected chi connectivity index (χ2v) is 10.8. The molecule has 0 fully saturated rings. The van der Waals surface area contributed by atoms with Gasteiger partial charge in [-0.15, -0.1) is 0 Å². The quantitative estimate of drug-likeness (QED) is 0.361. The van der Waals surface area contributed by atoms with Crippen LogP contribution in [-0.4, -0.2) is 35.4 Å².